The summed E-state index contributed by atoms with van der Waals surface area (Å²) in [5.74, 6) is -0.535. The zero-order valence-electron chi connectivity index (χ0n) is 9.64. The maximum absolute atomic E-state index is 11.8. The van der Waals surface area contributed by atoms with Crippen LogP contribution in [-0.4, -0.2) is 41.5 Å². The van der Waals surface area contributed by atoms with Crippen molar-refractivity contribution in [2.24, 2.45) is 0 Å². The summed E-state index contributed by atoms with van der Waals surface area (Å²) in [5, 5.41) is 8.89. The molecule has 6 nitrogen and oxygen atoms in total. The van der Waals surface area contributed by atoms with E-state index >= 15 is 0 Å². The lowest BCUT2D eigenvalue weighted by atomic mass is 10.1. The van der Waals surface area contributed by atoms with E-state index in [1.165, 1.54) is 20.0 Å². The first-order valence-electron chi connectivity index (χ1n) is 4.65. The fourth-order valence-electron chi connectivity index (χ4n) is 1.25. The molecular weight excluding hydrogens is 210 g/mol. The molecule has 0 spiro atoms. The Morgan fingerprint density at radius 2 is 2.06 bits per heavy atom. The maximum atomic E-state index is 11.8. The van der Waals surface area contributed by atoms with E-state index in [9.17, 15) is 9.59 Å². The summed E-state index contributed by atoms with van der Waals surface area (Å²) in [6.07, 6.45) is 0.574. The second-order valence-corrected chi connectivity index (χ2v) is 4.11. The Balaban J connectivity index is 3.11. The number of ether oxygens (including phenoxy) is 1. The molecule has 0 radical (unpaired) electrons. The molecule has 86 valence electrons. The number of hydrogen-bond donors (Lipinski definition) is 0. The van der Waals surface area contributed by atoms with Crippen molar-refractivity contribution in [3.8, 4) is 6.07 Å². The monoisotopic (exact) mass is 223 g/mol. The van der Waals surface area contributed by atoms with E-state index in [-0.39, 0.29) is 5.70 Å². The summed E-state index contributed by atoms with van der Waals surface area (Å²) in [4.78, 5) is 25.6. The quantitative estimate of drug-likeness (QED) is 0.643. The Hall–Kier alpha value is -2.03. The molecule has 0 aromatic heterocycles. The molecule has 6 heteroatoms. The van der Waals surface area contributed by atoms with E-state index in [0.29, 0.717) is 0 Å². The van der Waals surface area contributed by atoms with Gasteiger partial charge < -0.3 is 9.64 Å². The van der Waals surface area contributed by atoms with Gasteiger partial charge in [0.15, 0.2) is 5.60 Å². The van der Waals surface area contributed by atoms with Crippen LogP contribution in [0.4, 0.5) is 4.79 Å². The Kier molecular flexibility index (Phi) is 2.90. The molecule has 0 bridgehead atoms. The number of amides is 2. The van der Waals surface area contributed by atoms with Gasteiger partial charge >= 0.3 is 6.09 Å². The van der Waals surface area contributed by atoms with Crippen molar-refractivity contribution in [3.63, 3.8) is 0 Å². The average molecular weight is 223 g/mol. The third-order valence-corrected chi connectivity index (χ3v) is 1.98. The van der Waals surface area contributed by atoms with Gasteiger partial charge in [0.2, 0.25) is 0 Å². The van der Waals surface area contributed by atoms with Crippen LogP contribution in [0.1, 0.15) is 13.8 Å². The van der Waals surface area contributed by atoms with Gasteiger partial charge in [-0.25, -0.2) is 9.69 Å². The Labute approximate surface area is 93.7 Å². The minimum absolute atomic E-state index is 0.0504. The average Bonchev–Trinajstić information content (AvgIpc) is 2.33. The molecule has 1 saturated heterocycles. The molecule has 2 amide bonds. The van der Waals surface area contributed by atoms with Crippen LogP contribution >= 0.6 is 0 Å². The fraction of sp³-hybridized carbons (Fsp3) is 0.500. The number of hydrogen-bond acceptors (Lipinski definition) is 5. The molecule has 1 heterocycles. The molecular formula is C10H13N3O3. The van der Waals surface area contributed by atoms with Gasteiger partial charge in [-0.3, -0.25) is 4.79 Å². The van der Waals surface area contributed by atoms with Gasteiger partial charge in [-0.15, -0.1) is 0 Å². The largest absolute Gasteiger partial charge is 0.433 e. The molecule has 0 atom stereocenters. The number of rotatable bonds is 2. The van der Waals surface area contributed by atoms with Crippen LogP contribution in [0.15, 0.2) is 11.9 Å². The van der Waals surface area contributed by atoms with Crippen LogP contribution in [0.2, 0.25) is 0 Å². The van der Waals surface area contributed by atoms with Crippen LogP contribution in [0, 0.1) is 11.3 Å². The molecule has 1 aliphatic rings. The molecule has 1 aliphatic heterocycles. The third kappa shape index (κ3) is 1.98. The van der Waals surface area contributed by atoms with Crippen molar-refractivity contribution in [3.05, 3.63) is 11.9 Å². The fourth-order valence-corrected chi connectivity index (χ4v) is 1.25. The van der Waals surface area contributed by atoms with E-state index in [1.54, 1.807) is 25.1 Å². The summed E-state index contributed by atoms with van der Waals surface area (Å²) in [6, 6.07) is 1.80. The first kappa shape index (κ1) is 12.0. The van der Waals surface area contributed by atoms with Crippen LogP contribution in [0.3, 0.4) is 0 Å². The van der Waals surface area contributed by atoms with Gasteiger partial charge in [0.1, 0.15) is 11.8 Å². The van der Waals surface area contributed by atoms with Gasteiger partial charge in [0, 0.05) is 20.3 Å². The molecule has 0 unspecified atom stereocenters. The third-order valence-electron chi connectivity index (χ3n) is 1.98. The molecule has 1 rings (SSSR count). The van der Waals surface area contributed by atoms with Crippen molar-refractivity contribution >= 4 is 12.0 Å². The van der Waals surface area contributed by atoms with Crippen LogP contribution in [0.5, 0.6) is 0 Å². The number of cyclic esters (lactones) is 1. The maximum Gasteiger partial charge on any atom is 0.423 e. The first-order chi connectivity index (χ1) is 7.29. The second kappa shape index (κ2) is 3.85. The van der Waals surface area contributed by atoms with Crippen molar-refractivity contribution in [1.82, 2.24) is 9.80 Å². The van der Waals surface area contributed by atoms with E-state index in [2.05, 4.69) is 0 Å². The molecule has 1 fully saturated rings. The van der Waals surface area contributed by atoms with Crippen LogP contribution < -0.4 is 0 Å². The lowest BCUT2D eigenvalue weighted by Gasteiger charge is -2.14. The van der Waals surface area contributed by atoms with E-state index in [4.69, 9.17) is 10.00 Å². The molecule has 0 aliphatic carbocycles. The highest BCUT2D eigenvalue weighted by atomic mass is 16.6. The highest BCUT2D eigenvalue weighted by Gasteiger charge is 2.48. The second-order valence-electron chi connectivity index (χ2n) is 4.11. The van der Waals surface area contributed by atoms with Crippen molar-refractivity contribution in [2.75, 3.05) is 14.1 Å². The number of carbonyl (C=O) groups is 2. The molecule has 0 aromatic carbocycles. The molecule has 0 aromatic rings. The zero-order valence-corrected chi connectivity index (χ0v) is 9.64. The van der Waals surface area contributed by atoms with Crippen molar-refractivity contribution in [2.45, 2.75) is 19.4 Å². The lowest BCUT2D eigenvalue weighted by Crippen LogP contribution is -2.35. The SMILES string of the molecule is CN(C)/C=C(/C#N)N1C(=O)OC(C)(C)C1=O. The Bertz CT molecular complexity index is 404. The molecule has 16 heavy (non-hydrogen) atoms. The van der Waals surface area contributed by atoms with Gasteiger partial charge in [0.05, 0.1) is 0 Å². The summed E-state index contributed by atoms with van der Waals surface area (Å²) in [7, 11) is 3.38. The Morgan fingerprint density at radius 3 is 2.38 bits per heavy atom. The normalized spacial score (nSPS) is 19.4. The van der Waals surface area contributed by atoms with Gasteiger partial charge in [0.25, 0.3) is 5.91 Å². The van der Waals surface area contributed by atoms with Crippen molar-refractivity contribution in [1.29, 1.82) is 5.26 Å². The number of nitriles is 1. The van der Waals surface area contributed by atoms with Gasteiger partial charge in [-0.1, -0.05) is 0 Å². The topological polar surface area (TPSA) is 73.6 Å². The van der Waals surface area contributed by atoms with Crippen molar-refractivity contribution < 1.29 is 14.3 Å². The highest BCUT2D eigenvalue weighted by Crippen LogP contribution is 2.26. The lowest BCUT2D eigenvalue weighted by molar-refractivity contribution is -0.133. The Morgan fingerprint density at radius 1 is 1.50 bits per heavy atom. The number of carbonyl (C=O) groups excluding carboxylic acids is 2. The number of allylic oxidation sites excluding steroid dienone is 1. The van der Waals surface area contributed by atoms with Gasteiger partial charge in [-0.2, -0.15) is 5.26 Å². The predicted octanol–water partition coefficient (Wildman–Crippen LogP) is 0.670. The highest BCUT2D eigenvalue weighted by molar-refractivity contribution is 6.04. The van der Waals surface area contributed by atoms with Crippen LogP contribution in [-0.2, 0) is 9.53 Å². The van der Waals surface area contributed by atoms with E-state index < -0.39 is 17.6 Å². The summed E-state index contributed by atoms with van der Waals surface area (Å²) < 4.78 is 4.86. The van der Waals surface area contributed by atoms with E-state index in [1.807, 2.05) is 0 Å². The minimum Gasteiger partial charge on any atom is -0.433 e. The summed E-state index contributed by atoms with van der Waals surface area (Å²) in [6.45, 7) is 2.97. The van der Waals surface area contributed by atoms with Gasteiger partial charge in [-0.05, 0) is 13.8 Å². The van der Waals surface area contributed by atoms with E-state index in [0.717, 1.165) is 4.90 Å². The minimum atomic E-state index is -1.21. The molecule has 0 saturated carbocycles. The van der Waals surface area contributed by atoms with Crippen LogP contribution in [0.25, 0.3) is 0 Å². The first-order valence-corrected chi connectivity index (χ1v) is 4.65. The number of imide groups is 1. The zero-order chi connectivity index (χ0) is 12.5. The number of nitrogens with zero attached hydrogens (tertiary/aromatic N) is 3. The summed E-state index contributed by atoms with van der Waals surface area (Å²) >= 11 is 0. The molecule has 0 N–H and O–H groups in total. The predicted molar refractivity (Wildman–Crippen MR) is 54.8 cm³/mol. The smallest absolute Gasteiger partial charge is 0.423 e. The standard InChI is InChI=1S/C10H13N3O3/c1-10(2)8(14)13(9(15)16-10)7(5-11)6-12(3)4/h6H,1-4H3/b7-6-. The summed E-state index contributed by atoms with van der Waals surface area (Å²) in [5.41, 5.74) is -1.26.